The fourth-order valence-corrected chi connectivity index (χ4v) is 2.38. The number of hydrogen-bond donors (Lipinski definition) is 1. The van der Waals surface area contributed by atoms with Gasteiger partial charge in [-0.1, -0.05) is 25.1 Å². The highest BCUT2D eigenvalue weighted by Crippen LogP contribution is 2.31. The monoisotopic (exact) mass is 320 g/mol. The van der Waals surface area contributed by atoms with Crippen LogP contribution in [-0.4, -0.2) is 5.11 Å². The second-order valence-electron chi connectivity index (χ2n) is 4.53. The molecule has 1 unspecified atom stereocenters. The first-order valence-corrected chi connectivity index (χ1v) is 7.11. The Balaban J connectivity index is 2.15. The Hall–Kier alpha value is -1.32. The van der Waals surface area contributed by atoms with Gasteiger partial charge in [0.1, 0.15) is 11.5 Å². The molecule has 19 heavy (non-hydrogen) atoms. The Kier molecular flexibility index (Phi) is 4.61. The molecule has 0 saturated heterocycles. The number of ether oxygens (including phenoxy) is 1. The van der Waals surface area contributed by atoms with E-state index in [1.807, 2.05) is 56.3 Å². The molecule has 0 saturated carbocycles. The van der Waals surface area contributed by atoms with Crippen molar-refractivity contribution < 1.29 is 9.84 Å². The minimum atomic E-state index is -0.403. The highest BCUT2D eigenvalue weighted by Gasteiger charge is 2.06. The third-order valence-corrected chi connectivity index (χ3v) is 3.59. The normalized spacial score (nSPS) is 12.2. The van der Waals surface area contributed by atoms with Crippen LogP contribution >= 0.6 is 15.9 Å². The van der Waals surface area contributed by atoms with E-state index in [0.29, 0.717) is 6.42 Å². The summed E-state index contributed by atoms with van der Waals surface area (Å²) in [4.78, 5) is 0. The molecule has 2 aromatic carbocycles. The van der Waals surface area contributed by atoms with E-state index in [-0.39, 0.29) is 0 Å². The molecule has 0 bridgehead atoms. The topological polar surface area (TPSA) is 29.5 Å². The second-order valence-corrected chi connectivity index (χ2v) is 5.38. The van der Waals surface area contributed by atoms with E-state index in [9.17, 15) is 5.11 Å². The van der Waals surface area contributed by atoms with Gasteiger partial charge in [-0.15, -0.1) is 0 Å². The fraction of sp³-hybridized carbons (Fsp3) is 0.250. The molecule has 0 spiro atoms. The summed E-state index contributed by atoms with van der Waals surface area (Å²) < 4.78 is 6.74. The Morgan fingerprint density at radius 3 is 2.42 bits per heavy atom. The van der Waals surface area contributed by atoms with Crippen LogP contribution in [-0.2, 0) is 0 Å². The Labute approximate surface area is 122 Å². The molecule has 100 valence electrons. The molecular weight excluding hydrogens is 304 g/mol. The largest absolute Gasteiger partial charge is 0.456 e. The molecule has 3 heteroatoms. The number of rotatable bonds is 4. The summed E-state index contributed by atoms with van der Waals surface area (Å²) in [5, 5.41) is 9.74. The van der Waals surface area contributed by atoms with Crippen LogP contribution in [0.25, 0.3) is 0 Å². The number of hydrogen-bond acceptors (Lipinski definition) is 2. The molecular formula is C16H17BrO2. The maximum atomic E-state index is 9.74. The number of benzene rings is 2. The van der Waals surface area contributed by atoms with Crippen molar-refractivity contribution >= 4 is 15.9 Å². The fourth-order valence-electron chi connectivity index (χ4n) is 1.81. The van der Waals surface area contributed by atoms with Crippen molar-refractivity contribution in [2.75, 3.05) is 0 Å². The average Bonchev–Trinajstić information content (AvgIpc) is 2.42. The van der Waals surface area contributed by atoms with E-state index in [1.165, 1.54) is 5.56 Å². The van der Waals surface area contributed by atoms with Gasteiger partial charge < -0.3 is 9.84 Å². The van der Waals surface area contributed by atoms with Crippen molar-refractivity contribution in [2.24, 2.45) is 0 Å². The summed E-state index contributed by atoms with van der Waals surface area (Å²) in [6.45, 7) is 3.99. The van der Waals surface area contributed by atoms with Gasteiger partial charge in [0, 0.05) is 0 Å². The minimum absolute atomic E-state index is 0.403. The van der Waals surface area contributed by atoms with Crippen LogP contribution in [0.4, 0.5) is 0 Å². The summed E-state index contributed by atoms with van der Waals surface area (Å²) >= 11 is 3.49. The van der Waals surface area contributed by atoms with E-state index in [4.69, 9.17) is 4.74 Å². The lowest BCUT2D eigenvalue weighted by Crippen LogP contribution is -1.94. The van der Waals surface area contributed by atoms with Gasteiger partial charge in [-0.2, -0.15) is 0 Å². The minimum Gasteiger partial charge on any atom is -0.456 e. The summed E-state index contributed by atoms with van der Waals surface area (Å²) in [7, 11) is 0. The van der Waals surface area contributed by atoms with Gasteiger partial charge in [0.25, 0.3) is 0 Å². The van der Waals surface area contributed by atoms with Crippen molar-refractivity contribution in [3.05, 3.63) is 58.1 Å². The molecule has 2 aromatic rings. The summed E-state index contributed by atoms with van der Waals surface area (Å²) in [5.41, 5.74) is 2.10. The quantitative estimate of drug-likeness (QED) is 0.859. The van der Waals surface area contributed by atoms with Crippen molar-refractivity contribution in [3.8, 4) is 11.5 Å². The Bertz CT molecular complexity index is 549. The maximum absolute atomic E-state index is 9.74. The molecule has 0 fully saturated rings. The van der Waals surface area contributed by atoms with Crippen LogP contribution in [0.1, 0.15) is 30.6 Å². The first-order chi connectivity index (χ1) is 9.10. The number of halogens is 1. The highest BCUT2D eigenvalue weighted by molar-refractivity contribution is 9.10. The smallest absolute Gasteiger partial charge is 0.141 e. The Morgan fingerprint density at radius 1 is 1.16 bits per heavy atom. The molecule has 2 nitrogen and oxygen atoms in total. The summed E-state index contributed by atoms with van der Waals surface area (Å²) in [5.74, 6) is 1.55. The van der Waals surface area contributed by atoms with E-state index < -0.39 is 6.10 Å². The van der Waals surface area contributed by atoms with Gasteiger partial charge in [-0.3, -0.25) is 0 Å². The van der Waals surface area contributed by atoms with Crippen molar-refractivity contribution in [1.82, 2.24) is 0 Å². The molecule has 1 atom stereocenters. The first kappa shape index (κ1) is 14.1. The predicted octanol–water partition coefficient (Wildman–Crippen LogP) is 4.99. The van der Waals surface area contributed by atoms with Crippen LogP contribution in [0.5, 0.6) is 11.5 Å². The molecule has 0 aromatic heterocycles. The van der Waals surface area contributed by atoms with Crippen LogP contribution < -0.4 is 4.74 Å². The van der Waals surface area contributed by atoms with Crippen molar-refractivity contribution in [1.29, 1.82) is 0 Å². The van der Waals surface area contributed by atoms with Crippen LogP contribution in [0.3, 0.4) is 0 Å². The predicted molar refractivity (Wildman–Crippen MR) is 80.6 cm³/mol. The van der Waals surface area contributed by atoms with E-state index in [1.54, 1.807) is 0 Å². The zero-order valence-electron chi connectivity index (χ0n) is 11.1. The van der Waals surface area contributed by atoms with Crippen LogP contribution in [0.15, 0.2) is 46.9 Å². The molecule has 0 radical (unpaired) electrons. The van der Waals surface area contributed by atoms with Gasteiger partial charge in [-0.05, 0) is 64.7 Å². The van der Waals surface area contributed by atoms with Crippen molar-refractivity contribution in [2.45, 2.75) is 26.4 Å². The van der Waals surface area contributed by atoms with Gasteiger partial charge in [0.2, 0.25) is 0 Å². The first-order valence-electron chi connectivity index (χ1n) is 6.32. The van der Waals surface area contributed by atoms with Gasteiger partial charge in [-0.25, -0.2) is 0 Å². The summed E-state index contributed by atoms with van der Waals surface area (Å²) in [6, 6.07) is 13.5. The summed E-state index contributed by atoms with van der Waals surface area (Å²) in [6.07, 6.45) is 0.309. The Morgan fingerprint density at radius 2 is 1.84 bits per heavy atom. The van der Waals surface area contributed by atoms with Crippen LogP contribution in [0, 0.1) is 6.92 Å². The lowest BCUT2D eigenvalue weighted by molar-refractivity contribution is 0.173. The average molecular weight is 321 g/mol. The van der Waals surface area contributed by atoms with Gasteiger partial charge >= 0.3 is 0 Å². The second kappa shape index (κ2) is 6.22. The standard InChI is InChI=1S/C16H17BrO2/c1-3-15(18)12-5-7-13(8-6-12)19-16-9-4-11(2)10-14(16)17/h4-10,15,18H,3H2,1-2H3. The molecule has 1 N–H and O–H groups in total. The third-order valence-electron chi connectivity index (χ3n) is 2.97. The van der Waals surface area contributed by atoms with Gasteiger partial charge in [0.05, 0.1) is 10.6 Å². The zero-order chi connectivity index (χ0) is 13.8. The van der Waals surface area contributed by atoms with E-state index in [2.05, 4.69) is 15.9 Å². The molecule has 0 amide bonds. The van der Waals surface area contributed by atoms with Crippen LogP contribution in [0.2, 0.25) is 0 Å². The lowest BCUT2D eigenvalue weighted by Gasteiger charge is -2.11. The third kappa shape index (κ3) is 3.58. The maximum Gasteiger partial charge on any atom is 0.141 e. The molecule has 0 aliphatic heterocycles. The highest BCUT2D eigenvalue weighted by atomic mass is 79.9. The molecule has 0 heterocycles. The number of aliphatic hydroxyl groups is 1. The number of aryl methyl sites for hydroxylation is 1. The molecule has 2 rings (SSSR count). The van der Waals surface area contributed by atoms with E-state index >= 15 is 0 Å². The van der Waals surface area contributed by atoms with E-state index in [0.717, 1.165) is 21.5 Å². The molecule has 0 aliphatic rings. The lowest BCUT2D eigenvalue weighted by atomic mass is 10.1. The number of aliphatic hydroxyl groups excluding tert-OH is 1. The molecule has 0 aliphatic carbocycles. The van der Waals surface area contributed by atoms with Gasteiger partial charge in [0.15, 0.2) is 0 Å². The SMILES string of the molecule is CCC(O)c1ccc(Oc2ccc(C)cc2Br)cc1. The zero-order valence-corrected chi connectivity index (χ0v) is 12.6. The van der Waals surface area contributed by atoms with Crippen molar-refractivity contribution in [3.63, 3.8) is 0 Å².